The summed E-state index contributed by atoms with van der Waals surface area (Å²) < 4.78 is 6.03. The lowest BCUT2D eigenvalue weighted by molar-refractivity contribution is -0.0394. The first-order chi connectivity index (χ1) is 13.4. The van der Waals surface area contributed by atoms with Crippen molar-refractivity contribution in [3.8, 4) is 0 Å². The van der Waals surface area contributed by atoms with Crippen LogP contribution in [0, 0.1) is 0 Å². The molecule has 1 aromatic carbocycles. The van der Waals surface area contributed by atoms with Gasteiger partial charge in [0.2, 0.25) is 0 Å². The summed E-state index contributed by atoms with van der Waals surface area (Å²) in [5.74, 6) is 0.283. The number of ether oxygens (including phenoxy) is 1. The second-order valence-corrected chi connectivity index (χ2v) is 8.69. The number of carbonyl (C=O) groups excluding carboxylic acids is 1. The molecule has 0 radical (unpaired) electrons. The number of aromatic nitrogens is 1. The molecule has 7 heteroatoms. The van der Waals surface area contributed by atoms with Crippen molar-refractivity contribution in [1.82, 2.24) is 4.98 Å². The Kier molecular flexibility index (Phi) is 4.72. The number of amides is 1. The minimum absolute atomic E-state index is 0.302. The van der Waals surface area contributed by atoms with Gasteiger partial charge in [0.15, 0.2) is 0 Å². The number of primary amides is 1. The normalized spacial score (nSPS) is 15.4. The number of carbonyl (C=O) groups is 1. The molecule has 0 saturated carbocycles. The standard InChI is InChI=1S/C21H24N4O2S/c1-21(2)10-13-14(11-27-21)19(24-9-8-12-6-4-3-5-7-12)25-20-15(13)16(22)17(28-20)18(23)26/h3-7H,8-11,22H2,1-2H3,(H2,23,26)(H,24,25). The molecule has 0 spiro atoms. The van der Waals surface area contributed by atoms with E-state index in [2.05, 4.69) is 31.3 Å². The van der Waals surface area contributed by atoms with Crippen LogP contribution in [0.5, 0.6) is 0 Å². The van der Waals surface area contributed by atoms with Gasteiger partial charge in [0.25, 0.3) is 5.91 Å². The lowest BCUT2D eigenvalue weighted by Crippen LogP contribution is -2.32. The summed E-state index contributed by atoms with van der Waals surface area (Å²) >= 11 is 1.26. The lowest BCUT2D eigenvalue weighted by Gasteiger charge is -2.33. The topological polar surface area (TPSA) is 103 Å². The number of hydrogen-bond acceptors (Lipinski definition) is 6. The Balaban J connectivity index is 1.73. The minimum atomic E-state index is -0.515. The van der Waals surface area contributed by atoms with E-state index in [1.807, 2.05) is 18.2 Å². The van der Waals surface area contributed by atoms with Crippen LogP contribution in [0.15, 0.2) is 30.3 Å². The lowest BCUT2D eigenvalue weighted by atomic mass is 9.90. The van der Waals surface area contributed by atoms with Crippen LogP contribution < -0.4 is 16.8 Å². The maximum atomic E-state index is 11.8. The molecule has 1 aliphatic heterocycles. The molecule has 28 heavy (non-hydrogen) atoms. The summed E-state index contributed by atoms with van der Waals surface area (Å²) in [6.07, 6.45) is 1.59. The molecule has 3 aromatic rings. The smallest absolute Gasteiger partial charge is 0.260 e. The van der Waals surface area contributed by atoms with Crippen LogP contribution >= 0.6 is 11.3 Å². The predicted molar refractivity (Wildman–Crippen MR) is 114 cm³/mol. The van der Waals surface area contributed by atoms with Crippen molar-refractivity contribution in [2.45, 2.75) is 38.9 Å². The van der Waals surface area contributed by atoms with E-state index >= 15 is 0 Å². The summed E-state index contributed by atoms with van der Waals surface area (Å²) in [7, 11) is 0. The average Bonchev–Trinajstić information content (AvgIpc) is 2.98. The van der Waals surface area contributed by atoms with Gasteiger partial charge in [-0.05, 0) is 31.4 Å². The molecule has 5 N–H and O–H groups in total. The highest BCUT2D eigenvalue weighted by molar-refractivity contribution is 7.21. The molecule has 1 amide bonds. The number of pyridine rings is 1. The van der Waals surface area contributed by atoms with Gasteiger partial charge in [-0.25, -0.2) is 4.98 Å². The fraction of sp³-hybridized carbons (Fsp3) is 0.333. The van der Waals surface area contributed by atoms with Gasteiger partial charge in [-0.1, -0.05) is 30.3 Å². The van der Waals surface area contributed by atoms with E-state index in [0.29, 0.717) is 23.6 Å². The number of nitrogen functional groups attached to an aromatic ring is 1. The quantitative estimate of drug-likeness (QED) is 0.613. The largest absolute Gasteiger partial charge is 0.397 e. The van der Waals surface area contributed by atoms with Crippen molar-refractivity contribution in [1.29, 1.82) is 0 Å². The van der Waals surface area contributed by atoms with Gasteiger partial charge in [0, 0.05) is 23.9 Å². The number of benzene rings is 1. The molecule has 6 nitrogen and oxygen atoms in total. The van der Waals surface area contributed by atoms with Crippen LogP contribution in [0.3, 0.4) is 0 Å². The Morgan fingerprint density at radius 2 is 2.04 bits per heavy atom. The van der Waals surface area contributed by atoms with Crippen LogP contribution in [0.25, 0.3) is 10.2 Å². The van der Waals surface area contributed by atoms with Crippen molar-refractivity contribution in [3.63, 3.8) is 0 Å². The van der Waals surface area contributed by atoms with E-state index < -0.39 is 5.91 Å². The van der Waals surface area contributed by atoms with Gasteiger partial charge in [-0.3, -0.25) is 4.79 Å². The van der Waals surface area contributed by atoms with Gasteiger partial charge in [-0.15, -0.1) is 11.3 Å². The molecule has 0 bridgehead atoms. The number of fused-ring (bicyclic) bond motifs is 3. The number of nitrogens with two attached hydrogens (primary N) is 2. The van der Waals surface area contributed by atoms with Crippen LogP contribution in [0.1, 0.15) is 40.2 Å². The molecule has 1 aliphatic rings. The Hall–Kier alpha value is -2.64. The Labute approximate surface area is 167 Å². The third-order valence-electron chi connectivity index (χ3n) is 5.07. The van der Waals surface area contributed by atoms with E-state index in [1.165, 1.54) is 16.9 Å². The van der Waals surface area contributed by atoms with E-state index in [-0.39, 0.29) is 5.60 Å². The van der Waals surface area contributed by atoms with Crippen LogP contribution in [-0.4, -0.2) is 23.0 Å². The van der Waals surface area contributed by atoms with Crippen molar-refractivity contribution in [2.75, 3.05) is 17.6 Å². The van der Waals surface area contributed by atoms with Crippen molar-refractivity contribution >= 4 is 39.0 Å². The second-order valence-electron chi connectivity index (χ2n) is 7.69. The first-order valence-electron chi connectivity index (χ1n) is 9.31. The number of rotatable bonds is 5. The number of nitrogens with one attached hydrogen (secondary N) is 1. The van der Waals surface area contributed by atoms with Crippen molar-refractivity contribution < 1.29 is 9.53 Å². The minimum Gasteiger partial charge on any atom is -0.397 e. The van der Waals surface area contributed by atoms with Gasteiger partial charge >= 0.3 is 0 Å². The van der Waals surface area contributed by atoms with E-state index in [9.17, 15) is 4.79 Å². The average molecular weight is 397 g/mol. The molecule has 3 heterocycles. The third-order valence-corrected chi connectivity index (χ3v) is 6.19. The third kappa shape index (κ3) is 3.43. The molecule has 146 valence electrons. The van der Waals surface area contributed by atoms with Crippen molar-refractivity contribution in [2.24, 2.45) is 5.73 Å². The van der Waals surface area contributed by atoms with E-state index in [0.717, 1.165) is 40.1 Å². The first-order valence-corrected chi connectivity index (χ1v) is 10.1. The SMILES string of the molecule is CC1(C)Cc2c(c(NCCc3ccccc3)nc3sc(C(N)=O)c(N)c23)CO1. The molecule has 2 aromatic heterocycles. The summed E-state index contributed by atoms with van der Waals surface area (Å²) in [5.41, 5.74) is 15.3. The molecule has 4 rings (SSSR count). The van der Waals surface area contributed by atoms with E-state index in [1.54, 1.807) is 0 Å². The van der Waals surface area contributed by atoms with Crippen LogP contribution in [0.2, 0.25) is 0 Å². The molecule has 0 fully saturated rings. The number of hydrogen-bond donors (Lipinski definition) is 3. The molecule has 0 aliphatic carbocycles. The highest BCUT2D eigenvalue weighted by Crippen LogP contribution is 2.42. The first kappa shape index (κ1) is 18.7. The summed E-state index contributed by atoms with van der Waals surface area (Å²) in [5, 5.41) is 4.30. The van der Waals surface area contributed by atoms with E-state index in [4.69, 9.17) is 21.2 Å². The highest BCUT2D eigenvalue weighted by Gasteiger charge is 2.32. The summed E-state index contributed by atoms with van der Waals surface area (Å²) in [6.45, 7) is 5.33. The number of anilines is 2. The molecule has 0 atom stereocenters. The Morgan fingerprint density at radius 3 is 2.75 bits per heavy atom. The predicted octanol–water partition coefficient (Wildman–Crippen LogP) is 3.48. The fourth-order valence-electron chi connectivity index (χ4n) is 3.66. The van der Waals surface area contributed by atoms with Gasteiger partial charge < -0.3 is 21.5 Å². The molecular formula is C21H24N4O2S. The highest BCUT2D eigenvalue weighted by atomic mass is 32.1. The monoisotopic (exact) mass is 396 g/mol. The molecular weight excluding hydrogens is 372 g/mol. The second kappa shape index (κ2) is 7.07. The maximum absolute atomic E-state index is 11.8. The summed E-state index contributed by atoms with van der Waals surface area (Å²) in [6, 6.07) is 10.3. The van der Waals surface area contributed by atoms with Gasteiger partial charge in [0.1, 0.15) is 15.5 Å². The Morgan fingerprint density at radius 1 is 1.29 bits per heavy atom. The number of thiophene rings is 1. The van der Waals surface area contributed by atoms with Gasteiger partial charge in [0.05, 0.1) is 17.9 Å². The fourth-order valence-corrected chi connectivity index (χ4v) is 4.64. The van der Waals surface area contributed by atoms with Crippen LogP contribution in [0.4, 0.5) is 11.5 Å². The maximum Gasteiger partial charge on any atom is 0.260 e. The van der Waals surface area contributed by atoms with Crippen LogP contribution in [-0.2, 0) is 24.2 Å². The zero-order valence-corrected chi connectivity index (χ0v) is 16.9. The molecule has 0 unspecified atom stereocenters. The zero-order chi connectivity index (χ0) is 19.9. The zero-order valence-electron chi connectivity index (χ0n) is 16.0. The van der Waals surface area contributed by atoms with Crippen molar-refractivity contribution in [3.05, 3.63) is 51.9 Å². The molecule has 0 saturated heterocycles. The summed E-state index contributed by atoms with van der Waals surface area (Å²) in [4.78, 5) is 17.7. The number of nitrogens with zero attached hydrogens (tertiary/aromatic N) is 1. The van der Waals surface area contributed by atoms with Gasteiger partial charge in [-0.2, -0.15) is 0 Å². The Bertz CT molecular complexity index is 1040.